The SMILES string of the molecule is Cc1ccccc1N1CC(C(=O)Nc2cccc(-c3csc(-c4ccc(Cl)cc4)n3)c2)CC1=O. The highest BCUT2D eigenvalue weighted by atomic mass is 35.5. The number of amides is 2. The lowest BCUT2D eigenvalue weighted by molar-refractivity contribution is -0.122. The minimum absolute atomic E-state index is 0.0274. The lowest BCUT2D eigenvalue weighted by Crippen LogP contribution is -2.28. The quantitative estimate of drug-likeness (QED) is 0.353. The van der Waals surface area contributed by atoms with Crippen LogP contribution in [0.15, 0.2) is 78.2 Å². The molecule has 2 amide bonds. The molecule has 1 aliphatic heterocycles. The summed E-state index contributed by atoms with van der Waals surface area (Å²) in [5, 5.41) is 6.58. The van der Waals surface area contributed by atoms with Crippen LogP contribution < -0.4 is 10.2 Å². The summed E-state index contributed by atoms with van der Waals surface area (Å²) in [6.45, 7) is 2.35. The monoisotopic (exact) mass is 487 g/mol. The Morgan fingerprint density at radius 3 is 2.65 bits per heavy atom. The van der Waals surface area contributed by atoms with Gasteiger partial charge in [-0.05, 0) is 42.8 Å². The largest absolute Gasteiger partial charge is 0.326 e. The predicted octanol–water partition coefficient (Wildman–Crippen LogP) is 6.43. The minimum Gasteiger partial charge on any atom is -0.326 e. The first-order chi connectivity index (χ1) is 16.5. The van der Waals surface area contributed by atoms with E-state index in [0.717, 1.165) is 33.1 Å². The Hall–Kier alpha value is -3.48. The van der Waals surface area contributed by atoms with Gasteiger partial charge >= 0.3 is 0 Å². The molecule has 3 aromatic carbocycles. The lowest BCUT2D eigenvalue weighted by atomic mass is 10.1. The zero-order valence-corrected chi connectivity index (χ0v) is 20.1. The van der Waals surface area contributed by atoms with Gasteiger partial charge in [0.05, 0.1) is 11.6 Å². The first-order valence-electron chi connectivity index (χ1n) is 11.0. The van der Waals surface area contributed by atoms with E-state index in [-0.39, 0.29) is 18.2 Å². The number of aryl methyl sites for hydroxylation is 1. The molecular formula is C27H22ClN3O2S. The molecule has 34 heavy (non-hydrogen) atoms. The number of hydrogen-bond acceptors (Lipinski definition) is 4. The highest BCUT2D eigenvalue weighted by Gasteiger charge is 2.35. The fourth-order valence-electron chi connectivity index (χ4n) is 4.11. The molecule has 0 bridgehead atoms. The van der Waals surface area contributed by atoms with E-state index >= 15 is 0 Å². The summed E-state index contributed by atoms with van der Waals surface area (Å²) in [7, 11) is 0. The molecule has 1 saturated heterocycles. The average Bonchev–Trinajstić information content (AvgIpc) is 3.48. The number of anilines is 2. The number of carbonyl (C=O) groups excluding carboxylic acids is 2. The van der Waals surface area contributed by atoms with Crippen molar-refractivity contribution < 1.29 is 9.59 Å². The van der Waals surface area contributed by atoms with Crippen molar-refractivity contribution in [2.75, 3.05) is 16.8 Å². The maximum atomic E-state index is 13.0. The van der Waals surface area contributed by atoms with Gasteiger partial charge in [-0.15, -0.1) is 11.3 Å². The minimum atomic E-state index is -0.397. The second-order valence-corrected chi connectivity index (χ2v) is 9.60. The van der Waals surface area contributed by atoms with Crippen molar-refractivity contribution in [3.05, 3.63) is 88.8 Å². The van der Waals surface area contributed by atoms with Gasteiger partial charge in [-0.1, -0.05) is 54.1 Å². The van der Waals surface area contributed by atoms with E-state index in [1.54, 1.807) is 16.2 Å². The Morgan fingerprint density at radius 2 is 1.85 bits per heavy atom. The predicted molar refractivity (Wildman–Crippen MR) is 138 cm³/mol. The third-order valence-corrected chi connectivity index (χ3v) is 7.07. The van der Waals surface area contributed by atoms with Crippen LogP contribution in [0, 0.1) is 12.8 Å². The number of nitrogens with one attached hydrogen (secondary N) is 1. The van der Waals surface area contributed by atoms with Crippen LogP contribution in [0.5, 0.6) is 0 Å². The van der Waals surface area contributed by atoms with Crippen molar-refractivity contribution in [2.45, 2.75) is 13.3 Å². The molecule has 1 N–H and O–H groups in total. The normalized spacial score (nSPS) is 15.5. The van der Waals surface area contributed by atoms with E-state index in [1.165, 1.54) is 0 Å². The Morgan fingerprint density at radius 1 is 1.06 bits per heavy atom. The number of nitrogens with zero attached hydrogens (tertiary/aromatic N) is 2. The van der Waals surface area contributed by atoms with Gasteiger partial charge in [0.25, 0.3) is 0 Å². The second-order valence-electron chi connectivity index (χ2n) is 8.31. The molecular weight excluding hydrogens is 466 g/mol. The summed E-state index contributed by atoms with van der Waals surface area (Å²) in [5.74, 6) is -0.575. The highest BCUT2D eigenvalue weighted by Crippen LogP contribution is 2.32. The topological polar surface area (TPSA) is 62.3 Å². The van der Waals surface area contributed by atoms with Crippen molar-refractivity contribution >= 4 is 46.1 Å². The van der Waals surface area contributed by atoms with Crippen molar-refractivity contribution in [1.82, 2.24) is 4.98 Å². The van der Waals surface area contributed by atoms with E-state index in [2.05, 4.69) is 5.32 Å². The fraction of sp³-hybridized carbons (Fsp3) is 0.148. The van der Waals surface area contributed by atoms with Gasteiger partial charge in [-0.25, -0.2) is 4.98 Å². The molecule has 1 unspecified atom stereocenters. The van der Waals surface area contributed by atoms with E-state index in [0.29, 0.717) is 17.3 Å². The van der Waals surface area contributed by atoms with Gasteiger partial charge in [-0.3, -0.25) is 9.59 Å². The first kappa shape index (κ1) is 22.3. The van der Waals surface area contributed by atoms with Crippen molar-refractivity contribution in [1.29, 1.82) is 0 Å². The molecule has 2 heterocycles. The van der Waals surface area contributed by atoms with E-state index in [4.69, 9.17) is 16.6 Å². The fourth-order valence-corrected chi connectivity index (χ4v) is 5.08. The maximum Gasteiger partial charge on any atom is 0.229 e. The smallest absolute Gasteiger partial charge is 0.229 e. The summed E-state index contributed by atoms with van der Waals surface area (Å²) in [6.07, 6.45) is 0.205. The molecule has 0 aliphatic carbocycles. The van der Waals surface area contributed by atoms with Crippen molar-refractivity contribution in [3.8, 4) is 21.8 Å². The van der Waals surface area contributed by atoms with Gasteiger partial charge in [0.15, 0.2) is 0 Å². The summed E-state index contributed by atoms with van der Waals surface area (Å²) < 4.78 is 0. The second kappa shape index (κ2) is 9.41. The number of hydrogen-bond donors (Lipinski definition) is 1. The molecule has 0 saturated carbocycles. The number of para-hydroxylation sites is 1. The number of rotatable bonds is 5. The summed E-state index contributed by atoms with van der Waals surface area (Å²) in [6, 6.07) is 23.0. The van der Waals surface area contributed by atoms with Crippen LogP contribution in [-0.4, -0.2) is 23.3 Å². The molecule has 7 heteroatoms. The summed E-state index contributed by atoms with van der Waals surface area (Å²) in [5.41, 5.74) is 5.33. The van der Waals surface area contributed by atoms with Crippen LogP contribution >= 0.6 is 22.9 Å². The van der Waals surface area contributed by atoms with Crippen LogP contribution in [0.4, 0.5) is 11.4 Å². The van der Waals surface area contributed by atoms with Crippen molar-refractivity contribution in [3.63, 3.8) is 0 Å². The molecule has 1 aliphatic rings. The van der Waals surface area contributed by atoms with Crippen LogP contribution in [-0.2, 0) is 9.59 Å². The van der Waals surface area contributed by atoms with Gasteiger partial charge in [-0.2, -0.15) is 0 Å². The van der Waals surface area contributed by atoms with Crippen LogP contribution in [0.25, 0.3) is 21.8 Å². The molecule has 170 valence electrons. The Balaban J connectivity index is 1.29. The average molecular weight is 488 g/mol. The highest BCUT2D eigenvalue weighted by molar-refractivity contribution is 7.13. The molecule has 1 atom stereocenters. The molecule has 0 radical (unpaired) electrons. The van der Waals surface area contributed by atoms with Gasteiger partial charge < -0.3 is 10.2 Å². The third-order valence-electron chi connectivity index (χ3n) is 5.92. The van der Waals surface area contributed by atoms with Crippen LogP contribution in [0.2, 0.25) is 5.02 Å². The van der Waals surface area contributed by atoms with Gasteiger partial charge in [0, 0.05) is 45.9 Å². The van der Waals surface area contributed by atoms with Crippen LogP contribution in [0.3, 0.4) is 0 Å². The summed E-state index contributed by atoms with van der Waals surface area (Å²) in [4.78, 5) is 32.0. The van der Waals surface area contributed by atoms with Gasteiger partial charge in [0.2, 0.25) is 11.8 Å². The maximum absolute atomic E-state index is 13.0. The van der Waals surface area contributed by atoms with E-state index in [1.807, 2.05) is 85.1 Å². The lowest BCUT2D eigenvalue weighted by Gasteiger charge is -2.19. The number of aromatic nitrogens is 1. The zero-order valence-electron chi connectivity index (χ0n) is 18.5. The van der Waals surface area contributed by atoms with Crippen molar-refractivity contribution in [2.24, 2.45) is 5.92 Å². The number of benzene rings is 3. The van der Waals surface area contributed by atoms with Gasteiger partial charge in [0.1, 0.15) is 5.01 Å². The molecule has 5 rings (SSSR count). The zero-order chi connectivity index (χ0) is 23.7. The first-order valence-corrected chi connectivity index (χ1v) is 12.2. The Bertz CT molecular complexity index is 1370. The summed E-state index contributed by atoms with van der Waals surface area (Å²) >= 11 is 7.55. The molecule has 5 nitrogen and oxygen atoms in total. The Kier molecular flexibility index (Phi) is 6.18. The molecule has 0 spiro atoms. The molecule has 4 aromatic rings. The van der Waals surface area contributed by atoms with Crippen LogP contribution in [0.1, 0.15) is 12.0 Å². The Labute approximate surface area is 207 Å². The third kappa shape index (κ3) is 4.60. The number of halogens is 1. The standard InChI is InChI=1S/C27H22ClN3O2S/c1-17-5-2-3-8-24(17)31-15-20(14-25(31)32)26(33)29-22-7-4-6-19(13-22)23-16-34-27(30-23)18-9-11-21(28)12-10-18/h2-13,16,20H,14-15H2,1H3,(H,29,33). The number of carbonyl (C=O) groups is 2. The molecule has 1 fully saturated rings. The number of thiazole rings is 1. The molecule has 1 aromatic heterocycles. The van der Waals surface area contributed by atoms with E-state index < -0.39 is 5.92 Å². The van der Waals surface area contributed by atoms with E-state index in [9.17, 15) is 9.59 Å².